The standard InChI is InChI=1S/C12H15N3/c13-7-10-9-3-1-2-4-11(9)15-6-5-14-8-12(10)15/h1-4,14H,5-8,13H2. The van der Waals surface area contributed by atoms with E-state index in [0.29, 0.717) is 6.54 Å². The number of para-hydroxylation sites is 1. The predicted octanol–water partition coefficient (Wildman–Crippen LogP) is 1.20. The molecule has 2 aromatic rings. The molecule has 1 aliphatic heterocycles. The fraction of sp³-hybridized carbons (Fsp3) is 0.333. The molecule has 3 rings (SSSR count). The topological polar surface area (TPSA) is 43.0 Å². The predicted molar refractivity (Wildman–Crippen MR) is 61.5 cm³/mol. The molecule has 0 amide bonds. The molecule has 15 heavy (non-hydrogen) atoms. The number of nitrogens with two attached hydrogens (primary N) is 1. The van der Waals surface area contributed by atoms with Gasteiger partial charge in [-0.2, -0.15) is 0 Å². The van der Waals surface area contributed by atoms with Gasteiger partial charge in [-0.1, -0.05) is 18.2 Å². The molecule has 1 aromatic heterocycles. The van der Waals surface area contributed by atoms with Crippen molar-refractivity contribution in [2.24, 2.45) is 5.73 Å². The largest absolute Gasteiger partial charge is 0.342 e. The highest BCUT2D eigenvalue weighted by atomic mass is 15.1. The van der Waals surface area contributed by atoms with E-state index in [1.807, 2.05) is 0 Å². The summed E-state index contributed by atoms with van der Waals surface area (Å²) < 4.78 is 2.40. The first-order valence-electron chi connectivity index (χ1n) is 5.41. The third kappa shape index (κ3) is 1.20. The summed E-state index contributed by atoms with van der Waals surface area (Å²) in [7, 11) is 0. The molecule has 0 saturated carbocycles. The first-order valence-corrected chi connectivity index (χ1v) is 5.41. The van der Waals surface area contributed by atoms with Crippen molar-refractivity contribution in [1.82, 2.24) is 9.88 Å². The molecule has 0 spiro atoms. The number of rotatable bonds is 1. The van der Waals surface area contributed by atoms with Gasteiger partial charge in [0.05, 0.1) is 0 Å². The first-order chi connectivity index (χ1) is 7.42. The average molecular weight is 201 g/mol. The van der Waals surface area contributed by atoms with Crippen LogP contribution in [0.1, 0.15) is 11.3 Å². The number of benzene rings is 1. The third-order valence-corrected chi connectivity index (χ3v) is 3.20. The van der Waals surface area contributed by atoms with Gasteiger partial charge >= 0.3 is 0 Å². The molecule has 78 valence electrons. The van der Waals surface area contributed by atoms with Crippen LogP contribution in [-0.2, 0) is 19.6 Å². The summed E-state index contributed by atoms with van der Waals surface area (Å²) in [4.78, 5) is 0. The minimum Gasteiger partial charge on any atom is -0.342 e. The Labute approximate surface area is 88.9 Å². The molecule has 0 unspecified atom stereocenters. The number of fused-ring (bicyclic) bond motifs is 3. The Bertz CT molecular complexity index is 466. The number of aromatic nitrogens is 1. The van der Waals surface area contributed by atoms with Crippen molar-refractivity contribution >= 4 is 10.9 Å². The smallest absolute Gasteiger partial charge is 0.0486 e. The summed E-state index contributed by atoms with van der Waals surface area (Å²) in [6.07, 6.45) is 0. The zero-order chi connectivity index (χ0) is 10.3. The monoisotopic (exact) mass is 201 g/mol. The highest BCUT2D eigenvalue weighted by Crippen LogP contribution is 2.27. The van der Waals surface area contributed by atoms with Crippen LogP contribution in [0.5, 0.6) is 0 Å². The van der Waals surface area contributed by atoms with Gasteiger partial charge in [0.1, 0.15) is 0 Å². The maximum absolute atomic E-state index is 5.84. The average Bonchev–Trinajstić information content (AvgIpc) is 2.63. The second-order valence-electron chi connectivity index (χ2n) is 3.97. The first kappa shape index (κ1) is 8.95. The van der Waals surface area contributed by atoms with Crippen molar-refractivity contribution < 1.29 is 0 Å². The van der Waals surface area contributed by atoms with E-state index in [-0.39, 0.29) is 0 Å². The Morgan fingerprint density at radius 3 is 3.07 bits per heavy atom. The molecular formula is C12H15N3. The van der Waals surface area contributed by atoms with Crippen LogP contribution < -0.4 is 11.1 Å². The summed E-state index contributed by atoms with van der Waals surface area (Å²) in [5.41, 5.74) is 9.84. The normalized spacial score (nSPS) is 15.5. The Kier molecular flexibility index (Phi) is 2.01. The summed E-state index contributed by atoms with van der Waals surface area (Å²) in [6.45, 7) is 3.68. The molecule has 0 saturated heterocycles. The van der Waals surface area contributed by atoms with Crippen LogP contribution >= 0.6 is 0 Å². The van der Waals surface area contributed by atoms with Gasteiger partial charge in [0.25, 0.3) is 0 Å². The number of hydrogen-bond donors (Lipinski definition) is 2. The molecular weight excluding hydrogens is 186 g/mol. The van der Waals surface area contributed by atoms with Crippen molar-refractivity contribution in [2.45, 2.75) is 19.6 Å². The van der Waals surface area contributed by atoms with E-state index in [1.54, 1.807) is 0 Å². The number of hydrogen-bond acceptors (Lipinski definition) is 2. The van der Waals surface area contributed by atoms with Crippen LogP contribution in [0.25, 0.3) is 10.9 Å². The number of nitrogens with zero attached hydrogens (tertiary/aromatic N) is 1. The Balaban J connectivity index is 2.37. The lowest BCUT2D eigenvalue weighted by atomic mass is 10.1. The second kappa shape index (κ2) is 3.36. The summed E-state index contributed by atoms with van der Waals surface area (Å²) in [5.74, 6) is 0. The van der Waals surface area contributed by atoms with Crippen molar-refractivity contribution in [3.05, 3.63) is 35.5 Å². The van der Waals surface area contributed by atoms with Crippen LogP contribution in [0.15, 0.2) is 24.3 Å². The summed E-state index contributed by atoms with van der Waals surface area (Å²) >= 11 is 0. The lowest BCUT2D eigenvalue weighted by molar-refractivity contribution is 0.523. The van der Waals surface area contributed by atoms with Crippen molar-refractivity contribution in [3.8, 4) is 0 Å². The molecule has 0 radical (unpaired) electrons. The molecule has 3 heteroatoms. The highest BCUT2D eigenvalue weighted by Gasteiger charge is 2.17. The van der Waals surface area contributed by atoms with Crippen molar-refractivity contribution in [1.29, 1.82) is 0 Å². The van der Waals surface area contributed by atoms with Crippen LogP contribution in [-0.4, -0.2) is 11.1 Å². The van der Waals surface area contributed by atoms with E-state index in [9.17, 15) is 0 Å². The van der Waals surface area contributed by atoms with Gasteiger partial charge in [0.15, 0.2) is 0 Å². The van der Waals surface area contributed by atoms with Crippen LogP contribution in [0.2, 0.25) is 0 Å². The fourth-order valence-electron chi connectivity index (χ4n) is 2.51. The molecule has 0 atom stereocenters. The lowest BCUT2D eigenvalue weighted by Crippen LogP contribution is -2.28. The van der Waals surface area contributed by atoms with E-state index in [4.69, 9.17) is 5.73 Å². The lowest BCUT2D eigenvalue weighted by Gasteiger charge is -2.18. The van der Waals surface area contributed by atoms with Gasteiger partial charge in [-0.15, -0.1) is 0 Å². The zero-order valence-electron chi connectivity index (χ0n) is 8.66. The second-order valence-corrected chi connectivity index (χ2v) is 3.97. The molecule has 0 bridgehead atoms. The molecule has 0 aliphatic carbocycles. The number of nitrogens with one attached hydrogen (secondary N) is 1. The van der Waals surface area contributed by atoms with Gasteiger partial charge in [0, 0.05) is 42.8 Å². The SMILES string of the molecule is NCc1c2n(c3ccccc13)CCNC2. The van der Waals surface area contributed by atoms with Crippen LogP contribution in [0.4, 0.5) is 0 Å². The van der Waals surface area contributed by atoms with E-state index in [1.165, 1.54) is 22.2 Å². The minimum absolute atomic E-state index is 0.629. The van der Waals surface area contributed by atoms with Crippen molar-refractivity contribution in [2.75, 3.05) is 6.54 Å². The van der Waals surface area contributed by atoms with Gasteiger partial charge in [-0.3, -0.25) is 0 Å². The molecule has 1 aliphatic rings. The van der Waals surface area contributed by atoms with E-state index < -0.39 is 0 Å². The molecule has 1 aromatic carbocycles. The third-order valence-electron chi connectivity index (χ3n) is 3.20. The van der Waals surface area contributed by atoms with Gasteiger partial charge < -0.3 is 15.6 Å². The minimum atomic E-state index is 0.629. The fourth-order valence-corrected chi connectivity index (χ4v) is 2.51. The molecule has 3 N–H and O–H groups in total. The Hall–Kier alpha value is -1.32. The van der Waals surface area contributed by atoms with E-state index in [2.05, 4.69) is 34.1 Å². The van der Waals surface area contributed by atoms with Crippen LogP contribution in [0.3, 0.4) is 0 Å². The van der Waals surface area contributed by atoms with Gasteiger partial charge in [-0.05, 0) is 11.6 Å². The maximum Gasteiger partial charge on any atom is 0.0486 e. The molecule has 0 fully saturated rings. The van der Waals surface area contributed by atoms with Gasteiger partial charge in [-0.25, -0.2) is 0 Å². The quantitative estimate of drug-likeness (QED) is 0.728. The summed E-state index contributed by atoms with van der Waals surface area (Å²) in [5, 5.41) is 4.72. The highest BCUT2D eigenvalue weighted by molar-refractivity contribution is 5.85. The van der Waals surface area contributed by atoms with E-state index >= 15 is 0 Å². The van der Waals surface area contributed by atoms with Crippen molar-refractivity contribution in [3.63, 3.8) is 0 Å². The van der Waals surface area contributed by atoms with E-state index in [0.717, 1.165) is 19.6 Å². The summed E-state index contributed by atoms with van der Waals surface area (Å²) in [6, 6.07) is 8.53. The maximum atomic E-state index is 5.84. The van der Waals surface area contributed by atoms with Crippen LogP contribution in [0, 0.1) is 0 Å². The zero-order valence-corrected chi connectivity index (χ0v) is 8.66. The Morgan fingerprint density at radius 1 is 1.33 bits per heavy atom. The van der Waals surface area contributed by atoms with Gasteiger partial charge in [0.2, 0.25) is 0 Å². The molecule has 3 nitrogen and oxygen atoms in total. The molecule has 2 heterocycles. The Morgan fingerprint density at radius 2 is 2.20 bits per heavy atom.